The average molecular weight is 219 g/mol. The van der Waals surface area contributed by atoms with Crippen LogP contribution in [0.3, 0.4) is 0 Å². The second-order valence-corrected chi connectivity index (χ2v) is 5.06. The molecule has 1 aromatic rings. The molecule has 0 heterocycles. The van der Waals surface area contributed by atoms with E-state index in [0.717, 1.165) is 24.8 Å². The molecule has 1 aliphatic rings. The van der Waals surface area contributed by atoms with Crippen LogP contribution in [0.15, 0.2) is 24.3 Å². The fourth-order valence-corrected chi connectivity index (χ4v) is 2.41. The Hall–Kier alpha value is -1.02. The molecule has 2 rings (SSSR count). The van der Waals surface area contributed by atoms with Crippen LogP contribution in [0.4, 0.5) is 5.69 Å². The third kappa shape index (κ3) is 1.94. The van der Waals surface area contributed by atoms with Crippen molar-refractivity contribution >= 4 is 5.69 Å². The van der Waals surface area contributed by atoms with Crippen molar-refractivity contribution in [2.45, 2.75) is 31.8 Å². The van der Waals surface area contributed by atoms with Crippen LogP contribution in [-0.4, -0.2) is 19.2 Å². The Kier molecular flexibility index (Phi) is 2.94. The van der Waals surface area contributed by atoms with Crippen molar-refractivity contribution in [1.29, 1.82) is 0 Å². The van der Waals surface area contributed by atoms with E-state index < -0.39 is 5.60 Å². The summed E-state index contributed by atoms with van der Waals surface area (Å²) in [6.07, 6.45) is 3.22. The molecule has 16 heavy (non-hydrogen) atoms. The van der Waals surface area contributed by atoms with E-state index >= 15 is 0 Å². The van der Waals surface area contributed by atoms with Gasteiger partial charge in [-0.1, -0.05) is 25.5 Å². The summed E-state index contributed by atoms with van der Waals surface area (Å²) in [6, 6.07) is 8.28. The minimum Gasteiger partial charge on any atom is -0.385 e. The van der Waals surface area contributed by atoms with Crippen LogP contribution in [-0.2, 0) is 5.60 Å². The minimum absolute atomic E-state index is 0.475. The summed E-state index contributed by atoms with van der Waals surface area (Å²) >= 11 is 0. The lowest BCUT2D eigenvalue weighted by atomic mass is 10.0. The topological polar surface area (TPSA) is 23.5 Å². The van der Waals surface area contributed by atoms with Gasteiger partial charge in [0.05, 0.1) is 5.60 Å². The quantitative estimate of drug-likeness (QED) is 0.841. The molecule has 2 nitrogen and oxygen atoms in total. The molecular weight excluding hydrogens is 198 g/mol. The second-order valence-electron chi connectivity index (χ2n) is 5.06. The molecule has 0 aliphatic heterocycles. The smallest absolute Gasteiger partial charge is 0.0929 e. The highest BCUT2D eigenvalue weighted by atomic mass is 16.3. The lowest BCUT2D eigenvalue weighted by Crippen LogP contribution is -2.11. The Morgan fingerprint density at radius 3 is 2.44 bits per heavy atom. The zero-order chi connectivity index (χ0) is 11.8. The van der Waals surface area contributed by atoms with E-state index in [4.69, 9.17) is 0 Å². The van der Waals surface area contributed by atoms with Crippen molar-refractivity contribution in [2.75, 3.05) is 19.0 Å². The summed E-state index contributed by atoms with van der Waals surface area (Å²) < 4.78 is 0. The highest BCUT2D eigenvalue weighted by Gasteiger charge is 2.53. The SMILES string of the molecule is CCCC1CC1(O)c1ccc(N(C)C)cc1. The molecule has 0 bridgehead atoms. The third-order valence-electron chi connectivity index (χ3n) is 3.59. The number of benzene rings is 1. The summed E-state index contributed by atoms with van der Waals surface area (Å²) in [4.78, 5) is 2.07. The number of rotatable bonds is 4. The average Bonchev–Trinajstić information content (AvgIpc) is 2.92. The molecular formula is C14H21NO. The number of hydrogen-bond acceptors (Lipinski definition) is 2. The van der Waals surface area contributed by atoms with Gasteiger partial charge in [-0.05, 0) is 36.5 Å². The van der Waals surface area contributed by atoms with Crippen molar-refractivity contribution in [2.24, 2.45) is 5.92 Å². The van der Waals surface area contributed by atoms with Crippen LogP contribution in [0.2, 0.25) is 0 Å². The molecule has 1 fully saturated rings. The molecule has 0 spiro atoms. The Morgan fingerprint density at radius 2 is 1.94 bits per heavy atom. The molecule has 1 saturated carbocycles. The van der Waals surface area contributed by atoms with Gasteiger partial charge in [-0.2, -0.15) is 0 Å². The molecule has 0 amide bonds. The van der Waals surface area contributed by atoms with Gasteiger partial charge < -0.3 is 10.0 Å². The van der Waals surface area contributed by atoms with Gasteiger partial charge in [-0.3, -0.25) is 0 Å². The second kappa shape index (κ2) is 4.10. The van der Waals surface area contributed by atoms with Crippen molar-refractivity contribution in [3.8, 4) is 0 Å². The molecule has 0 radical (unpaired) electrons. The van der Waals surface area contributed by atoms with Gasteiger partial charge in [0, 0.05) is 19.8 Å². The van der Waals surface area contributed by atoms with Crippen molar-refractivity contribution in [1.82, 2.24) is 0 Å². The largest absolute Gasteiger partial charge is 0.385 e. The maximum absolute atomic E-state index is 10.4. The van der Waals surface area contributed by atoms with Gasteiger partial charge >= 0.3 is 0 Å². The first-order valence-corrected chi connectivity index (χ1v) is 6.08. The summed E-state index contributed by atoms with van der Waals surface area (Å²) in [5.41, 5.74) is 1.73. The van der Waals surface area contributed by atoms with E-state index in [1.165, 1.54) is 5.69 Å². The Labute approximate surface area is 97.9 Å². The van der Waals surface area contributed by atoms with Gasteiger partial charge in [-0.25, -0.2) is 0 Å². The third-order valence-corrected chi connectivity index (χ3v) is 3.59. The predicted molar refractivity (Wildman–Crippen MR) is 67.7 cm³/mol. The van der Waals surface area contributed by atoms with E-state index in [-0.39, 0.29) is 0 Å². The van der Waals surface area contributed by atoms with E-state index in [9.17, 15) is 5.11 Å². The summed E-state index contributed by atoms with van der Waals surface area (Å²) in [6.45, 7) is 2.17. The molecule has 1 N–H and O–H groups in total. The Balaban J connectivity index is 2.11. The maximum atomic E-state index is 10.4. The molecule has 2 atom stereocenters. The lowest BCUT2D eigenvalue weighted by Gasteiger charge is -2.15. The summed E-state index contributed by atoms with van der Waals surface area (Å²) in [5, 5.41) is 10.4. The van der Waals surface area contributed by atoms with Gasteiger partial charge in [0.1, 0.15) is 0 Å². The normalized spacial score (nSPS) is 27.9. The lowest BCUT2D eigenvalue weighted by molar-refractivity contribution is 0.129. The molecule has 1 aliphatic carbocycles. The zero-order valence-corrected chi connectivity index (χ0v) is 10.4. The molecule has 2 unspecified atom stereocenters. The summed E-state index contributed by atoms with van der Waals surface area (Å²) in [7, 11) is 4.06. The van der Waals surface area contributed by atoms with Gasteiger partial charge in [0.25, 0.3) is 0 Å². The highest BCUT2D eigenvalue weighted by molar-refractivity contribution is 5.48. The highest BCUT2D eigenvalue weighted by Crippen LogP contribution is 2.54. The predicted octanol–water partition coefficient (Wildman–Crippen LogP) is 2.76. The Morgan fingerprint density at radius 1 is 1.31 bits per heavy atom. The van der Waals surface area contributed by atoms with Gasteiger partial charge in [0.15, 0.2) is 0 Å². The van der Waals surface area contributed by atoms with Gasteiger partial charge in [0.2, 0.25) is 0 Å². The number of hydrogen-bond donors (Lipinski definition) is 1. The van der Waals surface area contributed by atoms with Crippen LogP contribution in [0.5, 0.6) is 0 Å². The van der Waals surface area contributed by atoms with Crippen molar-refractivity contribution in [3.63, 3.8) is 0 Å². The van der Waals surface area contributed by atoms with Crippen LogP contribution in [0.1, 0.15) is 31.7 Å². The Bertz CT molecular complexity index is 358. The maximum Gasteiger partial charge on any atom is 0.0929 e. The zero-order valence-electron chi connectivity index (χ0n) is 10.4. The number of aliphatic hydroxyl groups is 1. The molecule has 2 heteroatoms. The summed E-state index contributed by atoms with van der Waals surface area (Å²) in [5.74, 6) is 0.475. The molecule has 0 aromatic heterocycles. The first kappa shape index (κ1) is 11.5. The fraction of sp³-hybridized carbons (Fsp3) is 0.571. The molecule has 88 valence electrons. The first-order valence-electron chi connectivity index (χ1n) is 6.08. The van der Waals surface area contributed by atoms with Crippen LogP contribution in [0.25, 0.3) is 0 Å². The standard InChI is InChI=1S/C14H21NO/c1-4-5-12-10-14(12,16)11-6-8-13(9-7-11)15(2)3/h6-9,12,16H,4-5,10H2,1-3H3. The molecule has 0 saturated heterocycles. The van der Waals surface area contributed by atoms with Crippen molar-refractivity contribution in [3.05, 3.63) is 29.8 Å². The number of nitrogens with zero attached hydrogens (tertiary/aromatic N) is 1. The minimum atomic E-state index is -0.527. The van der Waals surface area contributed by atoms with E-state index in [2.05, 4.69) is 36.1 Å². The monoisotopic (exact) mass is 219 g/mol. The van der Waals surface area contributed by atoms with E-state index in [0.29, 0.717) is 5.92 Å². The molecule has 1 aromatic carbocycles. The fourth-order valence-electron chi connectivity index (χ4n) is 2.41. The van der Waals surface area contributed by atoms with Crippen LogP contribution in [0, 0.1) is 5.92 Å². The van der Waals surface area contributed by atoms with E-state index in [1.807, 2.05) is 14.1 Å². The van der Waals surface area contributed by atoms with Crippen LogP contribution >= 0.6 is 0 Å². The van der Waals surface area contributed by atoms with Gasteiger partial charge in [-0.15, -0.1) is 0 Å². The van der Waals surface area contributed by atoms with Crippen LogP contribution < -0.4 is 4.90 Å². The van der Waals surface area contributed by atoms with Crippen molar-refractivity contribution < 1.29 is 5.11 Å². The first-order chi connectivity index (χ1) is 7.58. The van der Waals surface area contributed by atoms with E-state index in [1.54, 1.807) is 0 Å². The number of anilines is 1.